The number of carboxylic acids is 1. The third kappa shape index (κ3) is 3.24. The van der Waals surface area contributed by atoms with Gasteiger partial charge in [0.2, 0.25) is 0 Å². The minimum atomic E-state index is -0.871. The van der Waals surface area contributed by atoms with Crippen molar-refractivity contribution in [3.63, 3.8) is 0 Å². The number of aromatic nitrogens is 2. The van der Waals surface area contributed by atoms with E-state index in [4.69, 9.17) is 9.84 Å². The molecule has 0 bridgehead atoms. The van der Waals surface area contributed by atoms with Gasteiger partial charge in [-0.05, 0) is 51.0 Å². The van der Waals surface area contributed by atoms with Crippen LogP contribution in [0.1, 0.15) is 30.8 Å². The van der Waals surface area contributed by atoms with Crippen LogP contribution in [0.3, 0.4) is 0 Å². The highest BCUT2D eigenvalue weighted by atomic mass is 16.5. The van der Waals surface area contributed by atoms with E-state index in [2.05, 4.69) is 4.98 Å². The SMILES string of the molecule is COC(C)(C)Cc1nc2cc(C)c(C)cc2n1CC(=O)O. The highest BCUT2D eigenvalue weighted by molar-refractivity contribution is 5.80. The number of nitrogens with zero attached hydrogens (tertiary/aromatic N) is 2. The van der Waals surface area contributed by atoms with Gasteiger partial charge in [-0.1, -0.05) is 0 Å². The number of aliphatic carboxylic acids is 1. The van der Waals surface area contributed by atoms with Crippen molar-refractivity contribution < 1.29 is 14.6 Å². The van der Waals surface area contributed by atoms with Crippen molar-refractivity contribution >= 4 is 17.0 Å². The molecule has 2 aromatic rings. The third-order valence-corrected chi connectivity index (χ3v) is 3.87. The topological polar surface area (TPSA) is 64.4 Å². The zero-order chi connectivity index (χ0) is 15.8. The quantitative estimate of drug-likeness (QED) is 0.919. The van der Waals surface area contributed by atoms with E-state index in [1.54, 1.807) is 11.7 Å². The summed E-state index contributed by atoms with van der Waals surface area (Å²) in [6.45, 7) is 7.89. The van der Waals surface area contributed by atoms with Crippen LogP contribution in [0.2, 0.25) is 0 Å². The normalized spacial score (nSPS) is 12.0. The van der Waals surface area contributed by atoms with Gasteiger partial charge in [0, 0.05) is 13.5 Å². The first-order chi connectivity index (χ1) is 9.73. The number of benzene rings is 1. The number of carbonyl (C=O) groups is 1. The number of imidazole rings is 1. The van der Waals surface area contributed by atoms with E-state index in [1.165, 1.54) is 0 Å². The van der Waals surface area contributed by atoms with Crippen LogP contribution in [0.25, 0.3) is 11.0 Å². The number of aryl methyl sites for hydroxylation is 2. The molecule has 0 radical (unpaired) electrons. The van der Waals surface area contributed by atoms with Gasteiger partial charge in [-0.25, -0.2) is 4.98 Å². The molecule has 5 heteroatoms. The van der Waals surface area contributed by atoms with Crippen LogP contribution in [-0.4, -0.2) is 33.3 Å². The average molecular weight is 290 g/mol. The maximum atomic E-state index is 11.2. The first kappa shape index (κ1) is 15.5. The molecule has 0 aliphatic carbocycles. The van der Waals surface area contributed by atoms with Gasteiger partial charge in [0.1, 0.15) is 12.4 Å². The van der Waals surface area contributed by atoms with Crippen LogP contribution in [0.5, 0.6) is 0 Å². The van der Waals surface area contributed by atoms with Crippen LogP contribution in [0.15, 0.2) is 12.1 Å². The predicted molar refractivity (Wildman–Crippen MR) is 81.6 cm³/mol. The number of hydrogen-bond donors (Lipinski definition) is 1. The number of carboxylic acid groups (broad SMARTS) is 1. The Bertz CT molecular complexity index is 686. The summed E-state index contributed by atoms with van der Waals surface area (Å²) >= 11 is 0. The Morgan fingerprint density at radius 1 is 1.33 bits per heavy atom. The van der Waals surface area contributed by atoms with E-state index in [-0.39, 0.29) is 12.1 Å². The average Bonchev–Trinajstić information content (AvgIpc) is 2.67. The van der Waals surface area contributed by atoms with Crippen LogP contribution in [0, 0.1) is 13.8 Å². The van der Waals surface area contributed by atoms with Gasteiger partial charge >= 0.3 is 5.97 Å². The molecule has 1 N–H and O–H groups in total. The number of rotatable bonds is 5. The second-order valence-corrected chi connectivity index (χ2v) is 6.07. The van der Waals surface area contributed by atoms with Crippen molar-refractivity contribution in [1.82, 2.24) is 9.55 Å². The van der Waals surface area contributed by atoms with Gasteiger partial charge in [-0.3, -0.25) is 4.79 Å². The summed E-state index contributed by atoms with van der Waals surface area (Å²) in [6, 6.07) is 4.01. The minimum Gasteiger partial charge on any atom is -0.480 e. The lowest BCUT2D eigenvalue weighted by molar-refractivity contribution is -0.137. The Kier molecular flexibility index (Phi) is 4.05. The number of methoxy groups -OCH3 is 1. The highest BCUT2D eigenvalue weighted by Crippen LogP contribution is 2.24. The smallest absolute Gasteiger partial charge is 0.323 e. The highest BCUT2D eigenvalue weighted by Gasteiger charge is 2.23. The van der Waals surface area contributed by atoms with Crippen molar-refractivity contribution in [3.05, 3.63) is 29.1 Å². The van der Waals surface area contributed by atoms with E-state index in [0.717, 1.165) is 28.0 Å². The molecule has 5 nitrogen and oxygen atoms in total. The number of ether oxygens (including phenoxy) is 1. The molecule has 0 unspecified atom stereocenters. The molecule has 0 spiro atoms. The summed E-state index contributed by atoms with van der Waals surface area (Å²) in [5.74, 6) is -0.131. The third-order valence-electron chi connectivity index (χ3n) is 3.87. The molecule has 114 valence electrons. The van der Waals surface area contributed by atoms with E-state index in [0.29, 0.717) is 6.42 Å². The minimum absolute atomic E-state index is 0.0892. The molecule has 1 aromatic heterocycles. The number of fused-ring (bicyclic) bond motifs is 1. The molecule has 2 rings (SSSR count). The second-order valence-electron chi connectivity index (χ2n) is 6.07. The lowest BCUT2D eigenvalue weighted by Gasteiger charge is -2.22. The van der Waals surface area contributed by atoms with Gasteiger partial charge in [0.25, 0.3) is 0 Å². The van der Waals surface area contributed by atoms with Crippen molar-refractivity contribution in [2.24, 2.45) is 0 Å². The van der Waals surface area contributed by atoms with Crippen LogP contribution >= 0.6 is 0 Å². The summed E-state index contributed by atoms with van der Waals surface area (Å²) in [7, 11) is 1.65. The molecule has 21 heavy (non-hydrogen) atoms. The fourth-order valence-corrected chi connectivity index (χ4v) is 2.33. The largest absolute Gasteiger partial charge is 0.480 e. The molecule has 0 saturated heterocycles. The predicted octanol–water partition coefficient (Wildman–Crippen LogP) is 2.71. The molecule has 0 aliphatic rings. The van der Waals surface area contributed by atoms with E-state index in [9.17, 15) is 4.79 Å². The molecular weight excluding hydrogens is 268 g/mol. The van der Waals surface area contributed by atoms with Crippen LogP contribution in [-0.2, 0) is 22.5 Å². The first-order valence-electron chi connectivity index (χ1n) is 6.97. The lowest BCUT2D eigenvalue weighted by Crippen LogP contribution is -2.28. The Balaban J connectivity index is 2.60. The van der Waals surface area contributed by atoms with E-state index >= 15 is 0 Å². The maximum absolute atomic E-state index is 11.2. The Morgan fingerprint density at radius 3 is 2.52 bits per heavy atom. The molecule has 0 atom stereocenters. The number of hydrogen-bond acceptors (Lipinski definition) is 3. The molecule has 0 saturated carbocycles. The van der Waals surface area contributed by atoms with Crippen molar-refractivity contribution in [2.45, 2.75) is 46.3 Å². The summed E-state index contributed by atoms with van der Waals surface area (Å²) in [5.41, 5.74) is 3.59. The first-order valence-corrected chi connectivity index (χ1v) is 6.97. The Hall–Kier alpha value is -1.88. The van der Waals surface area contributed by atoms with E-state index in [1.807, 2.05) is 39.8 Å². The lowest BCUT2D eigenvalue weighted by atomic mass is 10.1. The summed E-state index contributed by atoms with van der Waals surface area (Å²) in [5, 5.41) is 9.17. The van der Waals surface area contributed by atoms with Crippen molar-refractivity contribution in [3.8, 4) is 0 Å². The fourth-order valence-electron chi connectivity index (χ4n) is 2.33. The van der Waals surface area contributed by atoms with Crippen LogP contribution in [0.4, 0.5) is 0 Å². The zero-order valence-corrected chi connectivity index (χ0v) is 13.2. The Morgan fingerprint density at radius 2 is 1.95 bits per heavy atom. The van der Waals surface area contributed by atoms with Crippen LogP contribution < -0.4 is 0 Å². The zero-order valence-electron chi connectivity index (χ0n) is 13.2. The van der Waals surface area contributed by atoms with Gasteiger partial charge in [0.15, 0.2) is 0 Å². The Labute approximate surface area is 124 Å². The van der Waals surface area contributed by atoms with Crippen molar-refractivity contribution in [2.75, 3.05) is 7.11 Å². The standard InChI is InChI=1S/C16H22N2O3/c1-10-6-12-13(7-11(10)2)18(9-15(19)20)14(17-12)8-16(3,4)21-5/h6-7H,8-9H2,1-5H3,(H,19,20). The van der Waals surface area contributed by atoms with Crippen molar-refractivity contribution in [1.29, 1.82) is 0 Å². The molecule has 1 heterocycles. The molecule has 0 aliphatic heterocycles. The molecule has 0 amide bonds. The molecule has 0 fully saturated rings. The van der Waals surface area contributed by atoms with Gasteiger partial charge in [-0.15, -0.1) is 0 Å². The second kappa shape index (κ2) is 5.48. The monoisotopic (exact) mass is 290 g/mol. The summed E-state index contributed by atoms with van der Waals surface area (Å²) < 4.78 is 7.21. The van der Waals surface area contributed by atoms with Gasteiger partial charge < -0.3 is 14.4 Å². The van der Waals surface area contributed by atoms with Gasteiger partial charge in [0.05, 0.1) is 16.6 Å². The molecule has 1 aromatic carbocycles. The fraction of sp³-hybridized carbons (Fsp3) is 0.500. The van der Waals surface area contributed by atoms with Gasteiger partial charge in [-0.2, -0.15) is 0 Å². The molecular formula is C16H22N2O3. The maximum Gasteiger partial charge on any atom is 0.323 e. The summed E-state index contributed by atoms with van der Waals surface area (Å²) in [4.78, 5) is 15.8. The summed E-state index contributed by atoms with van der Waals surface area (Å²) in [6.07, 6.45) is 0.559. The van der Waals surface area contributed by atoms with E-state index < -0.39 is 5.97 Å².